The van der Waals surface area contributed by atoms with E-state index in [2.05, 4.69) is 5.32 Å². The van der Waals surface area contributed by atoms with E-state index in [1.54, 1.807) is 37.4 Å². The topological polar surface area (TPSA) is 94.1 Å². The molecule has 0 radical (unpaired) electrons. The van der Waals surface area contributed by atoms with E-state index < -0.39 is 17.9 Å². The number of carbonyl (C=O) groups is 2. The Balaban J connectivity index is 2.10. The standard InChI is InChI=1S/C19H20ClNO6/c1-25-9-10-27-14-6-3-12(4-7-14)18(22)21-17(19(23)24)13-5-8-16(26-2)15(20)11-13/h3-8,11,17H,9-10H2,1-2H3,(H,21,22)(H,23,24). The third-order valence-electron chi connectivity index (χ3n) is 3.70. The number of carboxylic acid groups (broad SMARTS) is 1. The molecule has 0 bridgehead atoms. The van der Waals surface area contributed by atoms with Crippen LogP contribution in [0.4, 0.5) is 0 Å². The van der Waals surface area contributed by atoms with Crippen LogP contribution in [0.5, 0.6) is 11.5 Å². The Morgan fingerprint density at radius 2 is 1.81 bits per heavy atom. The van der Waals surface area contributed by atoms with Crippen molar-refractivity contribution in [2.45, 2.75) is 6.04 Å². The number of carboxylic acids is 1. The van der Waals surface area contributed by atoms with Crippen LogP contribution >= 0.6 is 11.6 Å². The molecule has 2 aromatic carbocycles. The molecule has 1 atom stereocenters. The minimum Gasteiger partial charge on any atom is -0.495 e. The zero-order chi connectivity index (χ0) is 19.8. The first-order valence-corrected chi connectivity index (χ1v) is 8.43. The highest BCUT2D eigenvalue weighted by Crippen LogP contribution is 2.28. The molecule has 0 fully saturated rings. The fourth-order valence-electron chi connectivity index (χ4n) is 2.31. The highest BCUT2D eigenvalue weighted by Gasteiger charge is 2.23. The van der Waals surface area contributed by atoms with Gasteiger partial charge in [-0.25, -0.2) is 4.79 Å². The lowest BCUT2D eigenvalue weighted by molar-refractivity contribution is -0.139. The van der Waals surface area contributed by atoms with E-state index in [4.69, 9.17) is 25.8 Å². The molecule has 2 aromatic rings. The van der Waals surface area contributed by atoms with E-state index in [1.165, 1.54) is 19.2 Å². The number of rotatable bonds is 9. The van der Waals surface area contributed by atoms with Crippen LogP contribution in [0.2, 0.25) is 5.02 Å². The molecular formula is C19H20ClNO6. The normalized spacial score (nSPS) is 11.5. The molecular weight excluding hydrogens is 374 g/mol. The van der Waals surface area contributed by atoms with Crippen molar-refractivity contribution >= 4 is 23.5 Å². The summed E-state index contributed by atoms with van der Waals surface area (Å²) in [5.74, 6) is -0.734. The summed E-state index contributed by atoms with van der Waals surface area (Å²) < 4.78 is 15.4. The van der Waals surface area contributed by atoms with Crippen LogP contribution in [0.1, 0.15) is 22.0 Å². The monoisotopic (exact) mass is 393 g/mol. The number of hydrogen-bond acceptors (Lipinski definition) is 5. The van der Waals surface area contributed by atoms with Crippen LogP contribution in [0, 0.1) is 0 Å². The fourth-order valence-corrected chi connectivity index (χ4v) is 2.58. The van der Waals surface area contributed by atoms with Crippen LogP contribution < -0.4 is 14.8 Å². The highest BCUT2D eigenvalue weighted by atomic mass is 35.5. The van der Waals surface area contributed by atoms with Crippen molar-refractivity contribution in [2.75, 3.05) is 27.4 Å². The molecule has 1 unspecified atom stereocenters. The molecule has 27 heavy (non-hydrogen) atoms. The number of methoxy groups -OCH3 is 2. The second kappa shape index (κ2) is 9.80. The minimum atomic E-state index is -1.25. The van der Waals surface area contributed by atoms with Crippen molar-refractivity contribution in [3.8, 4) is 11.5 Å². The number of nitrogens with one attached hydrogen (secondary N) is 1. The Morgan fingerprint density at radius 1 is 1.11 bits per heavy atom. The van der Waals surface area contributed by atoms with Crippen LogP contribution in [-0.2, 0) is 9.53 Å². The van der Waals surface area contributed by atoms with Gasteiger partial charge in [0.2, 0.25) is 0 Å². The van der Waals surface area contributed by atoms with Crippen molar-refractivity contribution < 1.29 is 28.9 Å². The summed E-state index contributed by atoms with van der Waals surface area (Å²) in [6, 6.07) is 9.65. The van der Waals surface area contributed by atoms with Crippen molar-refractivity contribution in [3.63, 3.8) is 0 Å². The zero-order valence-corrected chi connectivity index (χ0v) is 15.7. The maximum absolute atomic E-state index is 12.4. The lowest BCUT2D eigenvalue weighted by Gasteiger charge is -2.16. The average Bonchev–Trinajstić information content (AvgIpc) is 2.66. The maximum Gasteiger partial charge on any atom is 0.330 e. The molecule has 0 saturated carbocycles. The Bertz CT molecular complexity index is 793. The van der Waals surface area contributed by atoms with Crippen molar-refractivity contribution in [2.24, 2.45) is 0 Å². The van der Waals surface area contributed by atoms with Crippen molar-refractivity contribution in [1.29, 1.82) is 0 Å². The number of hydrogen-bond donors (Lipinski definition) is 2. The number of amides is 1. The SMILES string of the molecule is COCCOc1ccc(C(=O)NC(C(=O)O)c2ccc(OC)c(Cl)c2)cc1. The van der Waals surface area contributed by atoms with E-state index in [1.807, 2.05) is 0 Å². The predicted molar refractivity (Wildman–Crippen MR) is 99.7 cm³/mol. The van der Waals surface area contributed by atoms with Gasteiger partial charge in [0.05, 0.1) is 18.7 Å². The molecule has 0 aliphatic rings. The van der Waals surface area contributed by atoms with Gasteiger partial charge in [-0.2, -0.15) is 0 Å². The molecule has 0 aliphatic carbocycles. The zero-order valence-electron chi connectivity index (χ0n) is 14.9. The molecule has 2 N–H and O–H groups in total. The van der Waals surface area contributed by atoms with Crippen molar-refractivity contribution in [3.05, 3.63) is 58.6 Å². The van der Waals surface area contributed by atoms with Crippen LogP contribution in [0.3, 0.4) is 0 Å². The van der Waals surface area contributed by atoms with Gasteiger partial charge in [0.25, 0.3) is 5.91 Å². The molecule has 144 valence electrons. The van der Waals surface area contributed by atoms with Gasteiger partial charge >= 0.3 is 5.97 Å². The summed E-state index contributed by atoms with van der Waals surface area (Å²) in [6.45, 7) is 0.842. The average molecular weight is 394 g/mol. The van der Waals surface area contributed by atoms with E-state index in [-0.39, 0.29) is 5.02 Å². The minimum absolute atomic E-state index is 0.257. The Kier molecular flexibility index (Phi) is 7.45. The quantitative estimate of drug-likeness (QED) is 0.636. The number of halogens is 1. The predicted octanol–water partition coefficient (Wildman–Crippen LogP) is 2.93. The van der Waals surface area contributed by atoms with Gasteiger partial charge in [0.1, 0.15) is 18.1 Å². The lowest BCUT2D eigenvalue weighted by Crippen LogP contribution is -2.33. The Hall–Kier alpha value is -2.77. The van der Waals surface area contributed by atoms with E-state index in [0.29, 0.717) is 35.8 Å². The third kappa shape index (κ3) is 5.60. The molecule has 0 aliphatic heterocycles. The summed E-state index contributed by atoms with van der Waals surface area (Å²) in [6.07, 6.45) is 0. The first-order valence-electron chi connectivity index (χ1n) is 8.05. The third-order valence-corrected chi connectivity index (χ3v) is 4.00. The summed E-state index contributed by atoms with van der Waals surface area (Å²) in [5.41, 5.74) is 0.640. The summed E-state index contributed by atoms with van der Waals surface area (Å²) in [5, 5.41) is 12.2. The summed E-state index contributed by atoms with van der Waals surface area (Å²) in [4.78, 5) is 24.0. The molecule has 0 heterocycles. The van der Waals surface area contributed by atoms with Gasteiger partial charge in [0, 0.05) is 12.7 Å². The first kappa shape index (κ1) is 20.5. The number of benzene rings is 2. The van der Waals surface area contributed by atoms with E-state index in [9.17, 15) is 14.7 Å². The van der Waals surface area contributed by atoms with E-state index >= 15 is 0 Å². The molecule has 8 heteroatoms. The van der Waals surface area contributed by atoms with Crippen LogP contribution in [0.25, 0.3) is 0 Å². The van der Waals surface area contributed by atoms with Gasteiger partial charge in [0.15, 0.2) is 6.04 Å². The van der Waals surface area contributed by atoms with Gasteiger partial charge in [-0.1, -0.05) is 17.7 Å². The molecule has 0 saturated heterocycles. The molecule has 0 aromatic heterocycles. The van der Waals surface area contributed by atoms with E-state index in [0.717, 1.165) is 0 Å². The first-order chi connectivity index (χ1) is 13.0. The fraction of sp³-hybridized carbons (Fsp3) is 0.263. The smallest absolute Gasteiger partial charge is 0.330 e. The molecule has 7 nitrogen and oxygen atoms in total. The maximum atomic E-state index is 12.4. The summed E-state index contributed by atoms with van der Waals surface area (Å²) in [7, 11) is 3.03. The highest BCUT2D eigenvalue weighted by molar-refractivity contribution is 6.32. The van der Waals surface area contributed by atoms with Gasteiger partial charge in [-0.15, -0.1) is 0 Å². The Labute approximate surface area is 161 Å². The number of aliphatic carboxylic acids is 1. The molecule has 0 spiro atoms. The van der Waals surface area contributed by atoms with Crippen molar-refractivity contribution in [1.82, 2.24) is 5.32 Å². The summed E-state index contributed by atoms with van der Waals surface area (Å²) >= 11 is 6.05. The molecule has 1 amide bonds. The lowest BCUT2D eigenvalue weighted by atomic mass is 10.1. The number of carbonyl (C=O) groups excluding carboxylic acids is 1. The Morgan fingerprint density at radius 3 is 2.37 bits per heavy atom. The van der Waals surface area contributed by atoms with Crippen LogP contribution in [0.15, 0.2) is 42.5 Å². The number of ether oxygens (including phenoxy) is 3. The molecule has 2 rings (SSSR count). The van der Waals surface area contributed by atoms with Gasteiger partial charge in [-0.3, -0.25) is 4.79 Å². The van der Waals surface area contributed by atoms with Gasteiger partial charge < -0.3 is 24.6 Å². The van der Waals surface area contributed by atoms with Gasteiger partial charge in [-0.05, 0) is 42.0 Å². The van der Waals surface area contributed by atoms with Crippen LogP contribution in [-0.4, -0.2) is 44.4 Å². The largest absolute Gasteiger partial charge is 0.495 e. The second-order valence-corrected chi connectivity index (χ2v) is 5.91. The second-order valence-electron chi connectivity index (χ2n) is 5.50.